The maximum atomic E-state index is 13.1. The van der Waals surface area contributed by atoms with Gasteiger partial charge in [-0.25, -0.2) is 9.37 Å². The van der Waals surface area contributed by atoms with Gasteiger partial charge in [-0.05, 0) is 18.2 Å². The fraction of sp³-hybridized carbons (Fsp3) is 0.167. The summed E-state index contributed by atoms with van der Waals surface area (Å²) in [6.45, 7) is 0. The second kappa shape index (κ2) is 4.40. The van der Waals surface area contributed by atoms with Crippen molar-refractivity contribution in [3.63, 3.8) is 0 Å². The Labute approximate surface area is 111 Å². The normalized spacial score (nSPS) is 13.7. The van der Waals surface area contributed by atoms with Crippen molar-refractivity contribution >= 4 is 23.4 Å². The quantitative estimate of drug-likeness (QED) is 0.875. The molecule has 0 fully saturated rings. The molecule has 18 heavy (non-hydrogen) atoms. The second-order valence-corrected chi connectivity index (χ2v) is 5.35. The number of aromatic amines is 1. The minimum atomic E-state index is -0.487. The molecule has 1 aromatic carbocycles. The van der Waals surface area contributed by atoms with Gasteiger partial charge in [-0.15, -0.1) is 0 Å². The SMILES string of the molecule is O=c1[nH]c(-c2ccc(F)c(Cl)c2)nc2c1CSC2. The summed E-state index contributed by atoms with van der Waals surface area (Å²) in [5.41, 5.74) is 2.02. The molecule has 0 saturated heterocycles. The van der Waals surface area contributed by atoms with Crippen LogP contribution in [0.2, 0.25) is 5.02 Å². The van der Waals surface area contributed by atoms with Gasteiger partial charge in [0.15, 0.2) is 0 Å². The van der Waals surface area contributed by atoms with E-state index in [-0.39, 0.29) is 10.6 Å². The Balaban J connectivity index is 2.15. The molecule has 0 spiro atoms. The summed E-state index contributed by atoms with van der Waals surface area (Å²) < 4.78 is 13.1. The number of aromatic nitrogens is 2. The van der Waals surface area contributed by atoms with Crippen LogP contribution >= 0.6 is 23.4 Å². The number of rotatable bonds is 1. The molecule has 0 radical (unpaired) electrons. The van der Waals surface area contributed by atoms with Crippen molar-refractivity contribution in [1.82, 2.24) is 9.97 Å². The van der Waals surface area contributed by atoms with Crippen molar-refractivity contribution in [2.45, 2.75) is 11.5 Å². The van der Waals surface area contributed by atoms with Gasteiger partial charge in [0.1, 0.15) is 11.6 Å². The number of benzene rings is 1. The molecule has 2 aromatic rings. The molecule has 0 amide bonds. The number of hydrogen-bond acceptors (Lipinski definition) is 3. The molecular formula is C12H8ClFN2OS. The first-order valence-electron chi connectivity index (χ1n) is 5.30. The molecule has 1 aliphatic heterocycles. The summed E-state index contributed by atoms with van der Waals surface area (Å²) >= 11 is 7.38. The van der Waals surface area contributed by atoms with Crippen LogP contribution in [0.15, 0.2) is 23.0 Å². The predicted octanol–water partition coefficient (Wildman–Crippen LogP) is 2.98. The van der Waals surface area contributed by atoms with E-state index in [1.807, 2.05) is 0 Å². The monoisotopic (exact) mass is 282 g/mol. The molecule has 1 N–H and O–H groups in total. The Morgan fingerprint density at radius 1 is 1.39 bits per heavy atom. The van der Waals surface area contributed by atoms with E-state index in [1.54, 1.807) is 17.8 Å². The molecule has 1 aliphatic rings. The summed E-state index contributed by atoms with van der Waals surface area (Å²) in [4.78, 5) is 18.9. The molecule has 0 atom stereocenters. The van der Waals surface area contributed by atoms with E-state index in [2.05, 4.69) is 9.97 Å². The van der Waals surface area contributed by atoms with Gasteiger partial charge in [0.05, 0.1) is 10.7 Å². The largest absolute Gasteiger partial charge is 0.306 e. The van der Waals surface area contributed by atoms with Crippen LogP contribution in [0.4, 0.5) is 4.39 Å². The van der Waals surface area contributed by atoms with Gasteiger partial charge >= 0.3 is 0 Å². The van der Waals surface area contributed by atoms with E-state index in [0.717, 1.165) is 17.0 Å². The smallest absolute Gasteiger partial charge is 0.255 e. The predicted molar refractivity (Wildman–Crippen MR) is 70.3 cm³/mol. The first-order chi connectivity index (χ1) is 8.65. The molecule has 0 unspecified atom stereocenters. The number of hydrogen-bond donors (Lipinski definition) is 1. The molecule has 92 valence electrons. The van der Waals surface area contributed by atoms with Crippen molar-refractivity contribution in [2.24, 2.45) is 0 Å². The van der Waals surface area contributed by atoms with Crippen LogP contribution < -0.4 is 5.56 Å². The molecular weight excluding hydrogens is 275 g/mol. The summed E-state index contributed by atoms with van der Waals surface area (Å²) in [5.74, 6) is 1.38. The van der Waals surface area contributed by atoms with Crippen molar-refractivity contribution in [1.29, 1.82) is 0 Å². The van der Waals surface area contributed by atoms with Crippen molar-refractivity contribution in [3.8, 4) is 11.4 Å². The lowest BCUT2D eigenvalue weighted by molar-refractivity contribution is 0.628. The number of H-pyrrole nitrogens is 1. The Hall–Kier alpha value is -1.33. The number of nitrogens with one attached hydrogen (secondary N) is 1. The molecule has 0 saturated carbocycles. The van der Waals surface area contributed by atoms with E-state index < -0.39 is 5.82 Å². The molecule has 0 bridgehead atoms. The van der Waals surface area contributed by atoms with Crippen LogP contribution in [0.5, 0.6) is 0 Å². The van der Waals surface area contributed by atoms with Gasteiger partial charge in [-0.1, -0.05) is 11.6 Å². The Bertz CT molecular complexity index is 686. The van der Waals surface area contributed by atoms with Crippen LogP contribution in [0, 0.1) is 5.82 Å². The van der Waals surface area contributed by atoms with Crippen LogP contribution in [0.3, 0.4) is 0 Å². The average Bonchev–Trinajstić information content (AvgIpc) is 2.81. The highest BCUT2D eigenvalue weighted by Gasteiger charge is 2.18. The van der Waals surface area contributed by atoms with E-state index in [9.17, 15) is 9.18 Å². The molecule has 3 rings (SSSR count). The third-order valence-electron chi connectivity index (χ3n) is 2.78. The fourth-order valence-electron chi connectivity index (χ4n) is 1.84. The minimum Gasteiger partial charge on any atom is -0.306 e. The van der Waals surface area contributed by atoms with E-state index in [1.165, 1.54) is 12.1 Å². The number of fused-ring (bicyclic) bond motifs is 1. The van der Waals surface area contributed by atoms with Gasteiger partial charge in [0, 0.05) is 22.6 Å². The average molecular weight is 283 g/mol. The lowest BCUT2D eigenvalue weighted by Gasteiger charge is -2.04. The summed E-state index contributed by atoms with van der Waals surface area (Å²) in [6, 6.07) is 4.28. The second-order valence-electron chi connectivity index (χ2n) is 3.96. The Morgan fingerprint density at radius 3 is 3.00 bits per heavy atom. The Kier molecular flexibility index (Phi) is 2.87. The fourth-order valence-corrected chi connectivity index (χ4v) is 3.06. The lowest BCUT2D eigenvalue weighted by Crippen LogP contribution is -2.15. The van der Waals surface area contributed by atoms with Gasteiger partial charge in [-0.3, -0.25) is 4.79 Å². The molecule has 6 heteroatoms. The zero-order valence-corrected chi connectivity index (χ0v) is 10.7. The van der Waals surface area contributed by atoms with Crippen LogP contribution in [0.25, 0.3) is 11.4 Å². The lowest BCUT2D eigenvalue weighted by atomic mass is 10.2. The zero-order chi connectivity index (χ0) is 12.7. The highest BCUT2D eigenvalue weighted by Crippen LogP contribution is 2.28. The summed E-state index contributed by atoms with van der Waals surface area (Å²) in [5, 5.41) is 0.0185. The van der Waals surface area contributed by atoms with Crippen molar-refractivity contribution in [2.75, 3.05) is 0 Å². The highest BCUT2D eigenvalue weighted by molar-refractivity contribution is 7.98. The number of nitrogens with zero attached hydrogens (tertiary/aromatic N) is 1. The topological polar surface area (TPSA) is 45.8 Å². The minimum absolute atomic E-state index is 0.0185. The van der Waals surface area contributed by atoms with Crippen LogP contribution in [-0.4, -0.2) is 9.97 Å². The van der Waals surface area contributed by atoms with Gasteiger partial charge in [0.2, 0.25) is 0 Å². The first-order valence-corrected chi connectivity index (χ1v) is 6.83. The van der Waals surface area contributed by atoms with Gasteiger partial charge < -0.3 is 4.98 Å². The first kappa shape index (κ1) is 11.7. The van der Waals surface area contributed by atoms with Crippen LogP contribution in [-0.2, 0) is 11.5 Å². The Morgan fingerprint density at radius 2 is 2.22 bits per heavy atom. The number of thioether (sulfide) groups is 1. The zero-order valence-electron chi connectivity index (χ0n) is 9.17. The summed E-state index contributed by atoms with van der Waals surface area (Å²) in [7, 11) is 0. The van der Waals surface area contributed by atoms with Crippen molar-refractivity contribution in [3.05, 3.63) is 50.7 Å². The maximum Gasteiger partial charge on any atom is 0.255 e. The molecule has 0 aliphatic carbocycles. The molecule has 3 nitrogen and oxygen atoms in total. The highest BCUT2D eigenvalue weighted by atomic mass is 35.5. The van der Waals surface area contributed by atoms with E-state index >= 15 is 0 Å². The maximum absolute atomic E-state index is 13.1. The summed E-state index contributed by atoms with van der Waals surface area (Å²) in [6.07, 6.45) is 0. The number of halogens is 2. The van der Waals surface area contributed by atoms with Crippen molar-refractivity contribution < 1.29 is 4.39 Å². The standard InChI is InChI=1S/C12H8ClFN2OS/c13-8-3-6(1-2-9(8)14)11-15-10-5-18-4-7(10)12(17)16-11/h1-3H,4-5H2,(H,15,16,17). The molecule has 1 aromatic heterocycles. The third kappa shape index (κ3) is 1.93. The molecule has 2 heterocycles. The van der Waals surface area contributed by atoms with Gasteiger partial charge in [0.25, 0.3) is 5.56 Å². The van der Waals surface area contributed by atoms with E-state index in [0.29, 0.717) is 17.1 Å². The van der Waals surface area contributed by atoms with E-state index in [4.69, 9.17) is 11.6 Å². The van der Waals surface area contributed by atoms with Gasteiger partial charge in [-0.2, -0.15) is 11.8 Å². The third-order valence-corrected chi connectivity index (χ3v) is 4.04. The van der Waals surface area contributed by atoms with Crippen LogP contribution in [0.1, 0.15) is 11.3 Å².